The molecule has 0 bridgehead atoms. The summed E-state index contributed by atoms with van der Waals surface area (Å²) >= 11 is 11.6. The molecule has 0 unspecified atom stereocenters. The molecule has 0 aliphatic heterocycles. The first-order valence-corrected chi connectivity index (χ1v) is 5.72. The molecular weight excluding hydrogens is 279 g/mol. The lowest BCUT2D eigenvalue weighted by molar-refractivity contribution is -0.389. The second-order valence-corrected chi connectivity index (χ2v) is 4.39. The zero-order chi connectivity index (χ0) is 13.3. The smallest absolute Gasteiger partial charge is 0.358 e. The SMILES string of the molecule is Cc1cc([N+](=O)[O-])nn1Cc1ccc(Cl)nc1Cl. The van der Waals surface area contributed by atoms with E-state index >= 15 is 0 Å². The van der Waals surface area contributed by atoms with E-state index in [0.717, 1.165) is 0 Å². The van der Waals surface area contributed by atoms with Gasteiger partial charge in [0.2, 0.25) is 0 Å². The fourth-order valence-corrected chi connectivity index (χ4v) is 1.87. The van der Waals surface area contributed by atoms with E-state index in [9.17, 15) is 10.1 Å². The van der Waals surface area contributed by atoms with Gasteiger partial charge >= 0.3 is 5.82 Å². The van der Waals surface area contributed by atoms with Crippen LogP contribution in [0.25, 0.3) is 0 Å². The summed E-state index contributed by atoms with van der Waals surface area (Å²) < 4.78 is 1.49. The summed E-state index contributed by atoms with van der Waals surface area (Å²) in [5.74, 6) is -0.189. The van der Waals surface area contributed by atoms with E-state index in [1.54, 1.807) is 19.1 Å². The Kier molecular flexibility index (Phi) is 3.49. The Labute approximate surface area is 112 Å². The number of nitro groups is 1. The minimum atomic E-state index is -0.536. The number of pyridine rings is 1. The number of hydrogen-bond acceptors (Lipinski definition) is 4. The highest BCUT2D eigenvalue weighted by Crippen LogP contribution is 2.19. The molecule has 6 nitrogen and oxygen atoms in total. The Morgan fingerprint density at radius 1 is 1.44 bits per heavy atom. The largest absolute Gasteiger partial charge is 0.390 e. The van der Waals surface area contributed by atoms with Crippen LogP contribution in [-0.4, -0.2) is 19.7 Å². The van der Waals surface area contributed by atoms with Crippen molar-refractivity contribution in [2.24, 2.45) is 0 Å². The van der Waals surface area contributed by atoms with Crippen LogP contribution in [0.1, 0.15) is 11.3 Å². The van der Waals surface area contributed by atoms with Gasteiger partial charge in [-0.15, -0.1) is 0 Å². The van der Waals surface area contributed by atoms with Crippen molar-refractivity contribution in [3.8, 4) is 0 Å². The topological polar surface area (TPSA) is 73.8 Å². The molecule has 0 fully saturated rings. The molecule has 0 amide bonds. The fourth-order valence-electron chi connectivity index (χ4n) is 1.46. The van der Waals surface area contributed by atoms with Crippen molar-refractivity contribution in [3.63, 3.8) is 0 Å². The number of aromatic nitrogens is 3. The Morgan fingerprint density at radius 2 is 2.17 bits per heavy atom. The molecule has 18 heavy (non-hydrogen) atoms. The molecule has 0 N–H and O–H groups in total. The lowest BCUT2D eigenvalue weighted by atomic mass is 10.3. The average Bonchev–Trinajstić information content (AvgIpc) is 2.64. The van der Waals surface area contributed by atoms with Gasteiger partial charge in [0.1, 0.15) is 10.3 Å². The standard InChI is InChI=1S/C10H8Cl2N4O2/c1-6-4-9(16(17)18)14-15(6)5-7-2-3-8(11)13-10(7)12/h2-4H,5H2,1H3. The molecule has 0 saturated heterocycles. The fraction of sp³-hybridized carbons (Fsp3) is 0.200. The van der Waals surface area contributed by atoms with Crippen molar-refractivity contribution in [2.75, 3.05) is 0 Å². The molecular formula is C10H8Cl2N4O2. The molecule has 8 heteroatoms. The van der Waals surface area contributed by atoms with E-state index < -0.39 is 4.92 Å². The normalized spacial score (nSPS) is 10.6. The van der Waals surface area contributed by atoms with Crippen LogP contribution in [0, 0.1) is 17.0 Å². The van der Waals surface area contributed by atoms with Crippen molar-refractivity contribution < 1.29 is 4.92 Å². The minimum absolute atomic E-state index is 0.189. The van der Waals surface area contributed by atoms with E-state index in [1.807, 2.05) is 0 Å². The van der Waals surface area contributed by atoms with Gasteiger partial charge in [-0.1, -0.05) is 29.3 Å². The summed E-state index contributed by atoms with van der Waals surface area (Å²) in [6.07, 6.45) is 0. The first-order chi connectivity index (χ1) is 8.47. The molecule has 0 aliphatic rings. The van der Waals surface area contributed by atoms with Gasteiger partial charge in [-0.2, -0.15) is 4.68 Å². The predicted molar refractivity (Wildman–Crippen MR) is 67.0 cm³/mol. The van der Waals surface area contributed by atoms with E-state index in [-0.39, 0.29) is 11.0 Å². The van der Waals surface area contributed by atoms with Crippen LogP contribution in [0.2, 0.25) is 10.3 Å². The van der Waals surface area contributed by atoms with E-state index in [0.29, 0.717) is 23.0 Å². The van der Waals surface area contributed by atoms with Gasteiger partial charge < -0.3 is 10.1 Å². The van der Waals surface area contributed by atoms with Gasteiger partial charge in [-0.25, -0.2) is 4.98 Å². The maximum Gasteiger partial charge on any atom is 0.390 e. The number of rotatable bonds is 3. The lowest BCUT2D eigenvalue weighted by Crippen LogP contribution is -2.05. The number of halogens is 2. The van der Waals surface area contributed by atoms with Gasteiger partial charge in [-0.3, -0.25) is 0 Å². The summed E-state index contributed by atoms with van der Waals surface area (Å²) in [6.45, 7) is 2.04. The van der Waals surface area contributed by atoms with Crippen LogP contribution in [0.3, 0.4) is 0 Å². The van der Waals surface area contributed by atoms with Crippen LogP contribution >= 0.6 is 23.2 Å². The van der Waals surface area contributed by atoms with Crippen LogP contribution in [0.5, 0.6) is 0 Å². The van der Waals surface area contributed by atoms with Crippen LogP contribution in [0.4, 0.5) is 5.82 Å². The van der Waals surface area contributed by atoms with Crippen molar-refractivity contribution in [1.29, 1.82) is 0 Å². The van der Waals surface area contributed by atoms with E-state index in [1.165, 1.54) is 10.7 Å². The molecule has 94 valence electrons. The average molecular weight is 287 g/mol. The molecule has 2 aromatic rings. The van der Waals surface area contributed by atoms with E-state index in [2.05, 4.69) is 10.1 Å². The van der Waals surface area contributed by atoms with Crippen molar-refractivity contribution in [2.45, 2.75) is 13.5 Å². The first kappa shape index (κ1) is 12.8. The summed E-state index contributed by atoms with van der Waals surface area (Å²) in [6, 6.07) is 4.72. The molecule has 2 aromatic heterocycles. The van der Waals surface area contributed by atoms with Gasteiger partial charge in [-0.05, 0) is 17.9 Å². The number of nitrogens with zero attached hydrogens (tertiary/aromatic N) is 4. The predicted octanol–water partition coefficient (Wildman–Crippen LogP) is 2.85. The van der Waals surface area contributed by atoms with Gasteiger partial charge in [0.05, 0.1) is 23.4 Å². The summed E-state index contributed by atoms with van der Waals surface area (Å²) in [5.41, 5.74) is 1.37. The van der Waals surface area contributed by atoms with Gasteiger partial charge in [0.15, 0.2) is 0 Å². The van der Waals surface area contributed by atoms with Crippen LogP contribution in [-0.2, 0) is 6.54 Å². The van der Waals surface area contributed by atoms with E-state index in [4.69, 9.17) is 23.2 Å². The summed E-state index contributed by atoms with van der Waals surface area (Å²) in [5, 5.41) is 15.0. The maximum atomic E-state index is 10.6. The molecule has 0 atom stereocenters. The Balaban J connectivity index is 2.31. The van der Waals surface area contributed by atoms with Crippen molar-refractivity contribution >= 4 is 29.0 Å². The van der Waals surface area contributed by atoms with Gasteiger partial charge in [0, 0.05) is 5.56 Å². The molecule has 2 heterocycles. The first-order valence-electron chi connectivity index (χ1n) is 4.97. The Bertz CT molecular complexity index is 612. The molecule has 0 saturated carbocycles. The minimum Gasteiger partial charge on any atom is -0.358 e. The highest BCUT2D eigenvalue weighted by atomic mass is 35.5. The quantitative estimate of drug-likeness (QED) is 0.494. The summed E-state index contributed by atoms with van der Waals surface area (Å²) in [4.78, 5) is 14.0. The van der Waals surface area contributed by atoms with Crippen molar-refractivity contribution in [1.82, 2.24) is 14.8 Å². The third-order valence-electron chi connectivity index (χ3n) is 2.37. The molecule has 0 radical (unpaired) electrons. The Hall–Kier alpha value is -1.66. The Morgan fingerprint density at radius 3 is 2.72 bits per heavy atom. The van der Waals surface area contributed by atoms with Gasteiger partial charge in [0.25, 0.3) is 0 Å². The summed E-state index contributed by atoms with van der Waals surface area (Å²) in [7, 11) is 0. The zero-order valence-corrected chi connectivity index (χ0v) is 10.8. The molecule has 0 aliphatic carbocycles. The maximum absolute atomic E-state index is 10.6. The number of aryl methyl sites for hydroxylation is 1. The molecule has 0 spiro atoms. The van der Waals surface area contributed by atoms with Crippen LogP contribution < -0.4 is 0 Å². The second kappa shape index (κ2) is 4.91. The highest BCUT2D eigenvalue weighted by molar-refractivity contribution is 6.32. The lowest BCUT2D eigenvalue weighted by Gasteiger charge is -2.02. The third-order valence-corrected chi connectivity index (χ3v) is 2.91. The van der Waals surface area contributed by atoms with Crippen molar-refractivity contribution in [3.05, 3.63) is 49.9 Å². The number of hydrogen-bond donors (Lipinski definition) is 0. The third kappa shape index (κ3) is 2.60. The highest BCUT2D eigenvalue weighted by Gasteiger charge is 2.16. The molecule has 2 rings (SSSR count). The van der Waals surface area contributed by atoms with Crippen LogP contribution in [0.15, 0.2) is 18.2 Å². The zero-order valence-electron chi connectivity index (χ0n) is 9.30. The molecule has 0 aromatic carbocycles. The monoisotopic (exact) mass is 286 g/mol. The second-order valence-electron chi connectivity index (χ2n) is 3.64.